The SMILES string of the molecule is CC(CO)(CO)CNCCn1ccnn1. The van der Waals surface area contributed by atoms with Crippen molar-refractivity contribution in [2.75, 3.05) is 26.3 Å². The molecule has 0 saturated heterocycles. The highest BCUT2D eigenvalue weighted by atomic mass is 16.3. The van der Waals surface area contributed by atoms with Crippen molar-refractivity contribution in [1.82, 2.24) is 20.3 Å². The predicted molar refractivity (Wildman–Crippen MR) is 55.2 cm³/mol. The maximum Gasteiger partial charge on any atom is 0.0692 e. The molecule has 3 N–H and O–H groups in total. The number of aromatic nitrogens is 3. The normalized spacial score (nSPS) is 11.9. The number of aliphatic hydroxyl groups excluding tert-OH is 2. The van der Waals surface area contributed by atoms with Gasteiger partial charge in [0.2, 0.25) is 0 Å². The van der Waals surface area contributed by atoms with E-state index in [0.717, 1.165) is 13.1 Å². The van der Waals surface area contributed by atoms with Crippen LogP contribution in [0.4, 0.5) is 0 Å². The molecule has 15 heavy (non-hydrogen) atoms. The number of hydrogen-bond donors (Lipinski definition) is 3. The zero-order valence-corrected chi connectivity index (χ0v) is 8.93. The van der Waals surface area contributed by atoms with Crippen LogP contribution >= 0.6 is 0 Å². The van der Waals surface area contributed by atoms with Gasteiger partial charge in [0.15, 0.2) is 0 Å². The van der Waals surface area contributed by atoms with Crippen molar-refractivity contribution in [3.8, 4) is 0 Å². The minimum Gasteiger partial charge on any atom is -0.396 e. The Morgan fingerprint density at radius 1 is 1.40 bits per heavy atom. The summed E-state index contributed by atoms with van der Waals surface area (Å²) in [6.45, 7) is 3.82. The molecule has 0 spiro atoms. The van der Waals surface area contributed by atoms with Crippen molar-refractivity contribution in [2.45, 2.75) is 13.5 Å². The first-order valence-corrected chi connectivity index (χ1v) is 4.97. The summed E-state index contributed by atoms with van der Waals surface area (Å²) in [7, 11) is 0. The largest absolute Gasteiger partial charge is 0.396 e. The molecule has 0 aliphatic carbocycles. The molecule has 0 fully saturated rings. The Hall–Kier alpha value is -0.980. The molecule has 0 unspecified atom stereocenters. The fourth-order valence-electron chi connectivity index (χ4n) is 1.10. The highest BCUT2D eigenvalue weighted by molar-refractivity contribution is 4.74. The predicted octanol–water partition coefficient (Wildman–Crippen LogP) is -1.14. The van der Waals surface area contributed by atoms with Gasteiger partial charge in [-0.05, 0) is 0 Å². The topological polar surface area (TPSA) is 83.2 Å². The van der Waals surface area contributed by atoms with Gasteiger partial charge in [0.25, 0.3) is 0 Å². The minimum atomic E-state index is -0.456. The van der Waals surface area contributed by atoms with E-state index in [2.05, 4.69) is 15.6 Å². The molecular formula is C9H18N4O2. The third kappa shape index (κ3) is 3.94. The Morgan fingerprint density at radius 2 is 2.13 bits per heavy atom. The number of aliphatic hydroxyl groups is 2. The Labute approximate surface area is 88.9 Å². The van der Waals surface area contributed by atoms with Gasteiger partial charge in [0, 0.05) is 24.7 Å². The van der Waals surface area contributed by atoms with Gasteiger partial charge >= 0.3 is 0 Å². The van der Waals surface area contributed by atoms with Crippen molar-refractivity contribution in [3.05, 3.63) is 12.4 Å². The molecule has 0 atom stereocenters. The standard InChI is InChI=1S/C9H18N4O2/c1-9(7-14,8-15)6-10-2-4-13-5-3-11-12-13/h3,5,10,14-15H,2,4,6-8H2,1H3. The quantitative estimate of drug-likeness (QED) is 0.500. The number of rotatable bonds is 7. The third-order valence-corrected chi connectivity index (χ3v) is 2.30. The van der Waals surface area contributed by atoms with E-state index in [-0.39, 0.29) is 13.2 Å². The molecule has 0 radical (unpaired) electrons. The lowest BCUT2D eigenvalue weighted by Crippen LogP contribution is -2.39. The average molecular weight is 214 g/mol. The van der Waals surface area contributed by atoms with Gasteiger partial charge < -0.3 is 15.5 Å². The second-order valence-corrected chi connectivity index (χ2v) is 3.97. The van der Waals surface area contributed by atoms with Gasteiger partial charge in [-0.2, -0.15) is 0 Å². The summed E-state index contributed by atoms with van der Waals surface area (Å²) < 4.78 is 1.72. The van der Waals surface area contributed by atoms with Crippen molar-refractivity contribution < 1.29 is 10.2 Å². The van der Waals surface area contributed by atoms with Gasteiger partial charge in [0.1, 0.15) is 0 Å². The molecule has 1 rings (SSSR count). The highest BCUT2D eigenvalue weighted by Gasteiger charge is 2.21. The summed E-state index contributed by atoms with van der Waals surface area (Å²) in [5.41, 5.74) is -0.456. The zero-order valence-electron chi connectivity index (χ0n) is 8.93. The first-order chi connectivity index (χ1) is 7.20. The van der Waals surface area contributed by atoms with Crippen LogP contribution in [0.1, 0.15) is 6.92 Å². The van der Waals surface area contributed by atoms with E-state index >= 15 is 0 Å². The lowest BCUT2D eigenvalue weighted by molar-refractivity contribution is 0.0697. The van der Waals surface area contributed by atoms with E-state index < -0.39 is 5.41 Å². The fraction of sp³-hybridized carbons (Fsp3) is 0.778. The summed E-state index contributed by atoms with van der Waals surface area (Å²) in [6.07, 6.45) is 3.42. The number of nitrogens with one attached hydrogen (secondary N) is 1. The first kappa shape index (κ1) is 12.1. The average Bonchev–Trinajstić information content (AvgIpc) is 2.77. The van der Waals surface area contributed by atoms with Crippen LogP contribution in [-0.4, -0.2) is 51.5 Å². The molecular weight excluding hydrogens is 196 g/mol. The molecule has 0 aromatic carbocycles. The minimum absolute atomic E-state index is 0.0280. The Balaban J connectivity index is 2.16. The van der Waals surface area contributed by atoms with E-state index in [0.29, 0.717) is 6.54 Å². The van der Waals surface area contributed by atoms with Crippen LogP contribution in [0.15, 0.2) is 12.4 Å². The van der Waals surface area contributed by atoms with E-state index in [1.807, 2.05) is 6.92 Å². The van der Waals surface area contributed by atoms with Crippen molar-refractivity contribution in [2.24, 2.45) is 5.41 Å². The molecule has 0 saturated carbocycles. The van der Waals surface area contributed by atoms with Gasteiger partial charge in [0.05, 0.1) is 26.0 Å². The summed E-state index contributed by atoms with van der Waals surface area (Å²) in [5, 5.41) is 28.7. The molecule has 1 aromatic rings. The molecule has 6 nitrogen and oxygen atoms in total. The highest BCUT2D eigenvalue weighted by Crippen LogP contribution is 2.11. The molecule has 0 bridgehead atoms. The molecule has 0 aliphatic rings. The second kappa shape index (κ2) is 5.79. The van der Waals surface area contributed by atoms with E-state index in [4.69, 9.17) is 10.2 Å². The Bertz CT molecular complexity index is 259. The van der Waals surface area contributed by atoms with Crippen LogP contribution in [0, 0.1) is 5.41 Å². The first-order valence-electron chi connectivity index (χ1n) is 4.97. The second-order valence-electron chi connectivity index (χ2n) is 3.97. The lowest BCUT2D eigenvalue weighted by atomic mass is 9.93. The molecule has 1 aromatic heterocycles. The van der Waals surface area contributed by atoms with Crippen molar-refractivity contribution in [1.29, 1.82) is 0 Å². The molecule has 0 amide bonds. The Kier molecular flexibility index (Phi) is 4.67. The number of hydrogen-bond acceptors (Lipinski definition) is 5. The van der Waals surface area contributed by atoms with E-state index in [9.17, 15) is 0 Å². The summed E-state index contributed by atoms with van der Waals surface area (Å²) in [5.74, 6) is 0. The maximum absolute atomic E-state index is 9.04. The van der Waals surface area contributed by atoms with E-state index in [1.165, 1.54) is 0 Å². The van der Waals surface area contributed by atoms with Crippen LogP contribution in [0.25, 0.3) is 0 Å². The van der Waals surface area contributed by atoms with Crippen molar-refractivity contribution >= 4 is 0 Å². The van der Waals surface area contributed by atoms with Gasteiger partial charge in [-0.25, -0.2) is 0 Å². The lowest BCUT2D eigenvalue weighted by Gasteiger charge is -2.24. The van der Waals surface area contributed by atoms with Crippen molar-refractivity contribution in [3.63, 3.8) is 0 Å². The van der Waals surface area contributed by atoms with Crippen LogP contribution in [0.3, 0.4) is 0 Å². The van der Waals surface area contributed by atoms with Crippen LogP contribution in [-0.2, 0) is 6.54 Å². The monoisotopic (exact) mass is 214 g/mol. The van der Waals surface area contributed by atoms with E-state index in [1.54, 1.807) is 17.1 Å². The fourth-order valence-corrected chi connectivity index (χ4v) is 1.10. The molecule has 1 heterocycles. The van der Waals surface area contributed by atoms with Crippen LogP contribution < -0.4 is 5.32 Å². The van der Waals surface area contributed by atoms with Gasteiger partial charge in [-0.15, -0.1) is 5.10 Å². The Morgan fingerprint density at radius 3 is 2.67 bits per heavy atom. The third-order valence-electron chi connectivity index (χ3n) is 2.30. The molecule has 0 aliphatic heterocycles. The molecule has 86 valence electrons. The maximum atomic E-state index is 9.04. The zero-order chi connectivity index (χ0) is 11.1. The number of nitrogens with zero attached hydrogens (tertiary/aromatic N) is 3. The summed E-state index contributed by atoms with van der Waals surface area (Å²) >= 11 is 0. The molecule has 6 heteroatoms. The van der Waals surface area contributed by atoms with Gasteiger partial charge in [-0.3, -0.25) is 4.68 Å². The summed E-state index contributed by atoms with van der Waals surface area (Å²) in [6, 6.07) is 0. The van der Waals surface area contributed by atoms with Gasteiger partial charge in [-0.1, -0.05) is 12.1 Å². The van der Waals surface area contributed by atoms with Crippen LogP contribution in [0.2, 0.25) is 0 Å². The summed E-state index contributed by atoms with van der Waals surface area (Å²) in [4.78, 5) is 0. The van der Waals surface area contributed by atoms with Crippen LogP contribution in [0.5, 0.6) is 0 Å². The smallest absolute Gasteiger partial charge is 0.0692 e.